The maximum Gasteiger partial charge on any atom is 0.261 e. The van der Waals surface area contributed by atoms with E-state index < -0.39 is 10.0 Å². The minimum atomic E-state index is -3.71. The number of hydrogen-bond acceptors (Lipinski definition) is 4. The summed E-state index contributed by atoms with van der Waals surface area (Å²) in [6.45, 7) is 5.35. The SMILES string of the molecule is Cc1ccc(NS(=O)(=O)c2ccc(C(=O)N3CCC(N(C)C)CC3)cc2)cc1C. The van der Waals surface area contributed by atoms with E-state index in [9.17, 15) is 13.2 Å². The van der Waals surface area contributed by atoms with Crippen molar-refractivity contribution in [1.82, 2.24) is 9.80 Å². The van der Waals surface area contributed by atoms with Crippen LogP contribution in [0, 0.1) is 13.8 Å². The Hall–Kier alpha value is -2.38. The Kier molecular flexibility index (Phi) is 6.29. The lowest BCUT2D eigenvalue weighted by molar-refractivity contribution is 0.0663. The second-order valence-electron chi connectivity index (χ2n) is 7.92. The zero-order valence-corrected chi connectivity index (χ0v) is 18.3. The number of carbonyl (C=O) groups excluding carboxylic acids is 1. The first-order valence-electron chi connectivity index (χ1n) is 9.83. The van der Waals surface area contributed by atoms with Crippen LogP contribution in [0.4, 0.5) is 5.69 Å². The molecule has 2 aromatic carbocycles. The summed E-state index contributed by atoms with van der Waals surface area (Å²) in [4.78, 5) is 16.9. The Balaban J connectivity index is 1.69. The molecule has 0 radical (unpaired) electrons. The molecule has 0 aliphatic carbocycles. The van der Waals surface area contributed by atoms with E-state index in [0.29, 0.717) is 17.3 Å². The van der Waals surface area contributed by atoms with Crippen molar-refractivity contribution in [1.29, 1.82) is 0 Å². The minimum Gasteiger partial charge on any atom is -0.339 e. The molecular formula is C22H29N3O3S. The number of nitrogens with zero attached hydrogens (tertiary/aromatic N) is 2. The summed E-state index contributed by atoms with van der Waals surface area (Å²) in [6, 6.07) is 12.1. The molecule has 0 spiro atoms. The van der Waals surface area contributed by atoms with Gasteiger partial charge >= 0.3 is 0 Å². The van der Waals surface area contributed by atoms with Crippen molar-refractivity contribution in [2.45, 2.75) is 37.6 Å². The smallest absolute Gasteiger partial charge is 0.261 e. The topological polar surface area (TPSA) is 69.7 Å². The predicted molar refractivity (Wildman–Crippen MR) is 116 cm³/mol. The third kappa shape index (κ3) is 4.97. The number of likely N-dealkylation sites (tertiary alicyclic amines) is 1. The average molecular weight is 416 g/mol. The van der Waals surface area contributed by atoms with Gasteiger partial charge in [0.1, 0.15) is 0 Å². The molecule has 1 fully saturated rings. The lowest BCUT2D eigenvalue weighted by Gasteiger charge is -2.35. The van der Waals surface area contributed by atoms with Gasteiger partial charge in [-0.25, -0.2) is 8.42 Å². The minimum absolute atomic E-state index is 0.0479. The fraction of sp³-hybridized carbons (Fsp3) is 0.409. The molecule has 1 aliphatic rings. The maximum absolute atomic E-state index is 12.7. The molecular weight excluding hydrogens is 386 g/mol. The molecule has 1 N–H and O–H groups in total. The normalized spacial score (nSPS) is 15.6. The summed E-state index contributed by atoms with van der Waals surface area (Å²) in [6.07, 6.45) is 1.90. The van der Waals surface area contributed by atoms with E-state index in [2.05, 4.69) is 23.7 Å². The Morgan fingerprint density at radius 3 is 2.17 bits per heavy atom. The molecule has 29 heavy (non-hydrogen) atoms. The highest BCUT2D eigenvalue weighted by molar-refractivity contribution is 7.92. The molecule has 0 aromatic heterocycles. The van der Waals surface area contributed by atoms with E-state index in [1.54, 1.807) is 18.2 Å². The zero-order valence-electron chi connectivity index (χ0n) is 17.5. The van der Waals surface area contributed by atoms with Gasteiger partial charge in [0.25, 0.3) is 15.9 Å². The van der Waals surface area contributed by atoms with Crippen molar-refractivity contribution >= 4 is 21.6 Å². The molecule has 0 bridgehead atoms. The number of amides is 1. The van der Waals surface area contributed by atoms with E-state index in [1.165, 1.54) is 12.1 Å². The highest BCUT2D eigenvalue weighted by atomic mass is 32.2. The highest BCUT2D eigenvalue weighted by Gasteiger charge is 2.25. The lowest BCUT2D eigenvalue weighted by Crippen LogP contribution is -2.44. The molecule has 1 aliphatic heterocycles. The molecule has 3 rings (SSSR count). The number of benzene rings is 2. The molecule has 0 unspecified atom stereocenters. The fourth-order valence-corrected chi connectivity index (χ4v) is 4.61. The van der Waals surface area contributed by atoms with E-state index in [0.717, 1.165) is 37.1 Å². The van der Waals surface area contributed by atoms with Crippen molar-refractivity contribution in [2.75, 3.05) is 31.9 Å². The number of aryl methyl sites for hydroxylation is 2. The molecule has 1 saturated heterocycles. The van der Waals surface area contributed by atoms with Crippen molar-refractivity contribution in [3.05, 3.63) is 59.2 Å². The molecule has 6 nitrogen and oxygen atoms in total. The summed E-state index contributed by atoms with van der Waals surface area (Å²) in [7, 11) is 0.418. The number of rotatable bonds is 5. The van der Waals surface area contributed by atoms with Crippen LogP contribution in [0.2, 0.25) is 0 Å². The summed E-state index contributed by atoms with van der Waals surface area (Å²) in [5.41, 5.74) is 3.16. The van der Waals surface area contributed by atoms with Crippen molar-refractivity contribution in [3.8, 4) is 0 Å². The van der Waals surface area contributed by atoms with Crippen LogP contribution in [0.25, 0.3) is 0 Å². The Morgan fingerprint density at radius 1 is 1.00 bits per heavy atom. The highest BCUT2D eigenvalue weighted by Crippen LogP contribution is 2.21. The Labute approximate surface area is 173 Å². The first-order valence-corrected chi connectivity index (χ1v) is 11.3. The lowest BCUT2D eigenvalue weighted by atomic mass is 10.0. The molecule has 0 saturated carbocycles. The number of carbonyl (C=O) groups is 1. The Morgan fingerprint density at radius 2 is 1.62 bits per heavy atom. The van der Waals surface area contributed by atoms with Gasteiger partial charge in [-0.3, -0.25) is 9.52 Å². The van der Waals surface area contributed by atoms with Gasteiger partial charge in [-0.2, -0.15) is 0 Å². The monoisotopic (exact) mass is 415 g/mol. The van der Waals surface area contributed by atoms with Crippen LogP contribution >= 0.6 is 0 Å². The average Bonchev–Trinajstić information content (AvgIpc) is 2.70. The van der Waals surface area contributed by atoms with Crippen LogP contribution in [0.1, 0.15) is 34.3 Å². The van der Waals surface area contributed by atoms with Crippen LogP contribution in [-0.4, -0.2) is 57.4 Å². The van der Waals surface area contributed by atoms with Gasteiger partial charge in [0, 0.05) is 30.4 Å². The fourth-order valence-electron chi connectivity index (χ4n) is 3.56. The number of nitrogens with one attached hydrogen (secondary N) is 1. The number of anilines is 1. The van der Waals surface area contributed by atoms with Crippen LogP contribution in [0.3, 0.4) is 0 Å². The molecule has 0 atom stereocenters. The number of hydrogen-bond donors (Lipinski definition) is 1. The second kappa shape index (κ2) is 8.55. The summed E-state index contributed by atoms with van der Waals surface area (Å²) >= 11 is 0. The van der Waals surface area contributed by atoms with Crippen LogP contribution in [-0.2, 0) is 10.0 Å². The quantitative estimate of drug-likeness (QED) is 0.814. The number of sulfonamides is 1. The first-order chi connectivity index (χ1) is 13.7. The van der Waals surface area contributed by atoms with Crippen LogP contribution < -0.4 is 4.72 Å². The van der Waals surface area contributed by atoms with E-state index in [1.807, 2.05) is 30.9 Å². The third-order valence-electron chi connectivity index (χ3n) is 5.65. The summed E-state index contributed by atoms with van der Waals surface area (Å²) in [5, 5.41) is 0. The van der Waals surface area contributed by atoms with Crippen LogP contribution in [0.15, 0.2) is 47.4 Å². The number of piperidine rings is 1. The van der Waals surface area contributed by atoms with E-state index in [4.69, 9.17) is 0 Å². The maximum atomic E-state index is 12.7. The van der Waals surface area contributed by atoms with Gasteiger partial charge in [0.2, 0.25) is 0 Å². The molecule has 1 amide bonds. The largest absolute Gasteiger partial charge is 0.339 e. The van der Waals surface area contributed by atoms with E-state index >= 15 is 0 Å². The molecule has 1 heterocycles. The predicted octanol–water partition coefficient (Wildman–Crippen LogP) is 3.27. The molecule has 156 valence electrons. The van der Waals surface area contributed by atoms with Crippen molar-refractivity contribution in [3.63, 3.8) is 0 Å². The van der Waals surface area contributed by atoms with Gasteiger partial charge in [-0.1, -0.05) is 6.07 Å². The van der Waals surface area contributed by atoms with Gasteiger partial charge in [0.15, 0.2) is 0 Å². The van der Waals surface area contributed by atoms with Crippen LogP contribution in [0.5, 0.6) is 0 Å². The summed E-state index contributed by atoms with van der Waals surface area (Å²) in [5.74, 6) is -0.0479. The summed E-state index contributed by atoms with van der Waals surface area (Å²) < 4.78 is 27.9. The standard InChI is InChI=1S/C22H29N3O3S/c1-16-5-8-19(15-17(16)2)23-29(27,28)21-9-6-18(7-10-21)22(26)25-13-11-20(12-14-25)24(3)4/h5-10,15,20,23H,11-14H2,1-4H3. The van der Waals surface area contributed by atoms with Gasteiger partial charge in [-0.05, 0) is 88.3 Å². The van der Waals surface area contributed by atoms with E-state index in [-0.39, 0.29) is 10.8 Å². The zero-order chi connectivity index (χ0) is 21.2. The first kappa shape index (κ1) is 21.3. The van der Waals surface area contributed by atoms with Gasteiger partial charge in [0.05, 0.1) is 4.90 Å². The van der Waals surface area contributed by atoms with Crippen molar-refractivity contribution in [2.24, 2.45) is 0 Å². The third-order valence-corrected chi connectivity index (χ3v) is 7.05. The van der Waals surface area contributed by atoms with Gasteiger partial charge in [-0.15, -0.1) is 0 Å². The second-order valence-corrected chi connectivity index (χ2v) is 9.60. The Bertz CT molecular complexity index is 977. The molecule has 2 aromatic rings. The van der Waals surface area contributed by atoms with Gasteiger partial charge < -0.3 is 9.80 Å². The molecule has 7 heteroatoms. The van der Waals surface area contributed by atoms with Crippen molar-refractivity contribution < 1.29 is 13.2 Å².